The van der Waals surface area contributed by atoms with E-state index in [4.69, 9.17) is 9.47 Å². The second-order valence-corrected chi connectivity index (χ2v) is 8.59. The first-order chi connectivity index (χ1) is 13.2. The molecule has 0 radical (unpaired) electrons. The predicted molar refractivity (Wildman–Crippen MR) is 105 cm³/mol. The Labute approximate surface area is 163 Å². The van der Waals surface area contributed by atoms with E-state index in [1.807, 2.05) is 7.05 Å². The molecule has 0 unspecified atom stereocenters. The average molecular weight is 387 g/mol. The van der Waals surface area contributed by atoms with Gasteiger partial charge >= 0.3 is 0 Å². The molecule has 27 heavy (non-hydrogen) atoms. The van der Waals surface area contributed by atoms with Gasteiger partial charge in [0.1, 0.15) is 23.4 Å². The molecule has 1 N–H and O–H groups in total. The van der Waals surface area contributed by atoms with Crippen LogP contribution in [0.1, 0.15) is 54.9 Å². The lowest BCUT2D eigenvalue weighted by Crippen LogP contribution is -2.34. The van der Waals surface area contributed by atoms with E-state index in [-0.39, 0.29) is 12.2 Å². The highest BCUT2D eigenvalue weighted by molar-refractivity contribution is 7.19. The van der Waals surface area contributed by atoms with Crippen molar-refractivity contribution in [2.75, 3.05) is 14.2 Å². The topological polar surface area (TPSA) is 80.1 Å². The van der Waals surface area contributed by atoms with E-state index in [1.165, 1.54) is 10.4 Å². The molecule has 2 atom stereocenters. The van der Waals surface area contributed by atoms with Crippen molar-refractivity contribution in [2.45, 2.75) is 69.1 Å². The zero-order valence-electron chi connectivity index (χ0n) is 15.9. The molecule has 0 bridgehead atoms. The normalized spacial score (nSPS) is 25.9. The summed E-state index contributed by atoms with van der Waals surface area (Å²) in [7, 11) is 3.64. The molecule has 2 heterocycles. The van der Waals surface area contributed by atoms with Crippen LogP contribution in [-0.2, 0) is 11.2 Å². The van der Waals surface area contributed by atoms with Gasteiger partial charge in [0.15, 0.2) is 0 Å². The summed E-state index contributed by atoms with van der Waals surface area (Å²) < 4.78 is 11.7. The second-order valence-electron chi connectivity index (χ2n) is 7.50. The summed E-state index contributed by atoms with van der Waals surface area (Å²) in [5, 5.41) is 13.7. The number of ether oxygens (including phenoxy) is 2. The van der Waals surface area contributed by atoms with Gasteiger partial charge in [-0.2, -0.15) is 5.26 Å². The van der Waals surface area contributed by atoms with E-state index in [1.54, 1.807) is 24.8 Å². The molecule has 0 saturated heterocycles. The van der Waals surface area contributed by atoms with Gasteiger partial charge in [0, 0.05) is 18.0 Å². The van der Waals surface area contributed by atoms with Gasteiger partial charge < -0.3 is 14.8 Å². The number of fused-ring (bicyclic) bond motifs is 3. The quantitative estimate of drug-likeness (QED) is 0.818. The summed E-state index contributed by atoms with van der Waals surface area (Å²) in [4.78, 5) is 11.4. The van der Waals surface area contributed by atoms with Gasteiger partial charge in [0.2, 0.25) is 5.88 Å². The maximum atomic E-state index is 9.28. The number of nitrogens with one attached hydrogen (secondary N) is 1. The van der Waals surface area contributed by atoms with Crippen molar-refractivity contribution in [1.82, 2.24) is 15.3 Å². The number of nitriles is 1. The Bertz CT molecular complexity index is 838. The molecule has 6 nitrogen and oxygen atoms in total. The van der Waals surface area contributed by atoms with Crippen LogP contribution in [0, 0.1) is 11.3 Å². The molecular weight excluding hydrogens is 360 g/mol. The number of rotatable bonds is 6. The van der Waals surface area contributed by atoms with Crippen LogP contribution in [0.3, 0.4) is 0 Å². The molecular formula is C20H26N4O2S. The summed E-state index contributed by atoms with van der Waals surface area (Å²) in [5.74, 6) is 1.04. The number of methoxy groups -OCH3 is 1. The zero-order chi connectivity index (χ0) is 18.8. The van der Waals surface area contributed by atoms with Crippen LogP contribution in [0.25, 0.3) is 10.2 Å². The first kappa shape index (κ1) is 18.6. The van der Waals surface area contributed by atoms with E-state index in [9.17, 15) is 5.26 Å². The minimum absolute atomic E-state index is 0.217. The SMILES string of the molecule is CNC1CCC(Oc2ncnc3sc4c(c23)[C@@H](C[C@@H](C#N)OC)CC4)CC1. The Morgan fingerprint density at radius 1 is 1.30 bits per heavy atom. The molecule has 0 aromatic carbocycles. The number of aryl methyl sites for hydroxylation is 1. The minimum Gasteiger partial charge on any atom is -0.474 e. The van der Waals surface area contributed by atoms with Crippen LogP contribution in [0.5, 0.6) is 5.88 Å². The fraction of sp³-hybridized carbons (Fsp3) is 0.650. The number of aromatic nitrogens is 2. The fourth-order valence-electron chi connectivity index (χ4n) is 4.45. The van der Waals surface area contributed by atoms with Gasteiger partial charge in [-0.05, 0) is 63.5 Å². The first-order valence-corrected chi connectivity index (χ1v) is 10.6. The van der Waals surface area contributed by atoms with Crippen LogP contribution in [-0.4, -0.2) is 42.4 Å². The summed E-state index contributed by atoms with van der Waals surface area (Å²) >= 11 is 1.75. The van der Waals surface area contributed by atoms with E-state index in [0.717, 1.165) is 54.6 Å². The molecule has 0 aliphatic heterocycles. The largest absolute Gasteiger partial charge is 0.474 e. The molecule has 7 heteroatoms. The zero-order valence-corrected chi connectivity index (χ0v) is 16.7. The Morgan fingerprint density at radius 2 is 2.11 bits per heavy atom. The third-order valence-electron chi connectivity index (χ3n) is 5.98. The minimum atomic E-state index is -0.373. The van der Waals surface area contributed by atoms with Crippen molar-refractivity contribution in [3.05, 3.63) is 16.8 Å². The Balaban J connectivity index is 1.61. The Hall–Kier alpha value is -1.75. The number of thiophene rings is 1. The lowest BCUT2D eigenvalue weighted by Gasteiger charge is -2.28. The lowest BCUT2D eigenvalue weighted by molar-refractivity contribution is 0.132. The lowest BCUT2D eigenvalue weighted by atomic mass is 9.93. The second kappa shape index (κ2) is 8.09. The highest BCUT2D eigenvalue weighted by Gasteiger charge is 2.32. The van der Waals surface area contributed by atoms with E-state index in [2.05, 4.69) is 21.4 Å². The van der Waals surface area contributed by atoms with Crippen molar-refractivity contribution in [3.63, 3.8) is 0 Å². The highest BCUT2D eigenvalue weighted by Crippen LogP contribution is 2.47. The molecule has 4 rings (SSSR count). The van der Waals surface area contributed by atoms with Crippen LogP contribution in [0.15, 0.2) is 6.33 Å². The molecule has 2 aliphatic carbocycles. The summed E-state index contributed by atoms with van der Waals surface area (Å²) in [6.45, 7) is 0. The average Bonchev–Trinajstić information content (AvgIpc) is 3.26. The Morgan fingerprint density at radius 3 is 2.81 bits per heavy atom. The van der Waals surface area contributed by atoms with Gasteiger partial charge in [-0.15, -0.1) is 11.3 Å². The van der Waals surface area contributed by atoms with E-state index in [0.29, 0.717) is 18.4 Å². The smallest absolute Gasteiger partial charge is 0.225 e. The van der Waals surface area contributed by atoms with Crippen LogP contribution < -0.4 is 10.1 Å². The summed E-state index contributed by atoms with van der Waals surface area (Å²) in [6, 6.07) is 2.85. The number of hydrogen-bond acceptors (Lipinski definition) is 7. The predicted octanol–water partition coefficient (Wildman–Crippen LogP) is 3.56. The van der Waals surface area contributed by atoms with E-state index < -0.39 is 0 Å². The van der Waals surface area contributed by atoms with Gasteiger partial charge in [-0.3, -0.25) is 0 Å². The first-order valence-electron chi connectivity index (χ1n) is 9.76. The number of nitrogens with zero attached hydrogens (tertiary/aromatic N) is 3. The molecule has 2 aliphatic rings. The molecule has 0 amide bonds. The molecule has 2 aromatic heterocycles. The summed E-state index contributed by atoms with van der Waals surface area (Å²) in [5.41, 5.74) is 1.30. The molecule has 0 spiro atoms. The maximum Gasteiger partial charge on any atom is 0.225 e. The third-order valence-corrected chi connectivity index (χ3v) is 7.16. The summed E-state index contributed by atoms with van der Waals surface area (Å²) in [6.07, 6.45) is 8.64. The standard InChI is InChI=1S/C20H26N4O2S/c1-22-13-4-6-14(7-5-13)26-19-18-17-12(9-15(10-21)25-2)3-8-16(17)27-20(18)24-11-23-19/h11-15,22H,3-9H2,1-2H3/t12-,13?,14?,15+/m1/s1. The third kappa shape index (κ3) is 3.66. The van der Waals surface area contributed by atoms with Crippen molar-refractivity contribution in [3.8, 4) is 11.9 Å². The van der Waals surface area contributed by atoms with E-state index >= 15 is 0 Å². The van der Waals surface area contributed by atoms with Gasteiger partial charge in [-0.1, -0.05) is 0 Å². The maximum absolute atomic E-state index is 9.28. The highest BCUT2D eigenvalue weighted by atomic mass is 32.1. The van der Waals surface area contributed by atoms with Crippen molar-refractivity contribution >= 4 is 21.6 Å². The fourth-order valence-corrected chi connectivity index (χ4v) is 5.68. The van der Waals surface area contributed by atoms with Gasteiger partial charge in [0.25, 0.3) is 0 Å². The molecule has 2 aromatic rings. The van der Waals surface area contributed by atoms with Crippen LogP contribution in [0.4, 0.5) is 0 Å². The molecule has 1 fully saturated rings. The van der Waals surface area contributed by atoms with Gasteiger partial charge in [-0.25, -0.2) is 9.97 Å². The van der Waals surface area contributed by atoms with Crippen molar-refractivity contribution < 1.29 is 9.47 Å². The monoisotopic (exact) mass is 386 g/mol. The Kier molecular flexibility index (Phi) is 5.58. The van der Waals surface area contributed by atoms with Crippen molar-refractivity contribution in [1.29, 1.82) is 5.26 Å². The van der Waals surface area contributed by atoms with Crippen LogP contribution >= 0.6 is 11.3 Å². The number of hydrogen-bond donors (Lipinski definition) is 1. The van der Waals surface area contributed by atoms with Crippen LogP contribution in [0.2, 0.25) is 0 Å². The van der Waals surface area contributed by atoms with Crippen molar-refractivity contribution in [2.24, 2.45) is 0 Å². The molecule has 144 valence electrons. The molecule has 1 saturated carbocycles. The van der Waals surface area contributed by atoms with Gasteiger partial charge in [0.05, 0.1) is 11.5 Å².